The fraction of sp³-hybridized carbons (Fsp3) is 0.385. The van der Waals surface area contributed by atoms with E-state index in [1.165, 1.54) is 14.0 Å². The minimum absolute atomic E-state index is 0.396. The molecule has 0 aromatic carbocycles. The molecule has 0 bridgehead atoms. The summed E-state index contributed by atoms with van der Waals surface area (Å²) < 4.78 is 6.48. The topological polar surface area (TPSA) is 25.2 Å². The number of furan rings is 1. The molecule has 0 saturated heterocycles. The van der Waals surface area contributed by atoms with Gasteiger partial charge in [0.25, 0.3) is 0 Å². The SMILES string of the molecule is CCCNC(Cc1ccoc1)c1csc(I)c1. The Bertz CT molecular complexity index is 438. The molecule has 2 aromatic rings. The first-order chi connectivity index (χ1) is 8.29. The molecule has 2 nitrogen and oxygen atoms in total. The second kappa shape index (κ2) is 6.56. The number of thiophene rings is 1. The van der Waals surface area contributed by atoms with Gasteiger partial charge in [0, 0.05) is 6.04 Å². The largest absolute Gasteiger partial charge is 0.472 e. The van der Waals surface area contributed by atoms with E-state index >= 15 is 0 Å². The molecule has 0 fully saturated rings. The molecule has 2 aromatic heterocycles. The molecule has 2 rings (SSSR count). The lowest BCUT2D eigenvalue weighted by Crippen LogP contribution is -2.23. The molecule has 2 heterocycles. The molecular weight excluding hydrogens is 345 g/mol. The summed E-state index contributed by atoms with van der Waals surface area (Å²) in [5.41, 5.74) is 2.63. The van der Waals surface area contributed by atoms with Gasteiger partial charge in [-0.15, -0.1) is 11.3 Å². The van der Waals surface area contributed by atoms with Crippen LogP contribution in [0.5, 0.6) is 0 Å². The van der Waals surface area contributed by atoms with Crippen LogP contribution < -0.4 is 5.32 Å². The molecule has 0 aliphatic rings. The van der Waals surface area contributed by atoms with Crippen LogP contribution in [0.15, 0.2) is 34.5 Å². The molecule has 0 spiro atoms. The molecule has 0 aliphatic heterocycles. The summed E-state index contributed by atoms with van der Waals surface area (Å²) in [5.74, 6) is 0. The minimum Gasteiger partial charge on any atom is -0.472 e. The Morgan fingerprint density at radius 3 is 3.00 bits per heavy atom. The summed E-state index contributed by atoms with van der Waals surface area (Å²) in [7, 11) is 0. The molecular formula is C13H16INOS. The molecule has 1 atom stereocenters. The van der Waals surface area contributed by atoms with Crippen LogP contribution in [0.2, 0.25) is 0 Å². The van der Waals surface area contributed by atoms with Gasteiger partial charge in [-0.3, -0.25) is 0 Å². The number of hydrogen-bond donors (Lipinski definition) is 1. The predicted octanol–water partition coefficient (Wildman–Crippen LogP) is 4.23. The summed E-state index contributed by atoms with van der Waals surface area (Å²) in [4.78, 5) is 0. The van der Waals surface area contributed by atoms with Crippen molar-refractivity contribution < 1.29 is 4.42 Å². The first-order valence-corrected chi connectivity index (χ1v) is 7.74. The van der Waals surface area contributed by atoms with Gasteiger partial charge in [-0.2, -0.15) is 0 Å². The van der Waals surface area contributed by atoms with Crippen molar-refractivity contribution in [3.63, 3.8) is 0 Å². The van der Waals surface area contributed by atoms with Crippen molar-refractivity contribution in [2.75, 3.05) is 6.54 Å². The molecule has 92 valence electrons. The van der Waals surface area contributed by atoms with Crippen LogP contribution in [0.1, 0.15) is 30.5 Å². The Kier molecular flexibility index (Phi) is 5.06. The van der Waals surface area contributed by atoms with Crippen LogP contribution in [-0.4, -0.2) is 6.54 Å². The van der Waals surface area contributed by atoms with Crippen LogP contribution in [0, 0.1) is 2.88 Å². The van der Waals surface area contributed by atoms with E-state index in [1.54, 1.807) is 17.6 Å². The van der Waals surface area contributed by atoms with Crippen molar-refractivity contribution >= 4 is 33.9 Å². The van der Waals surface area contributed by atoms with Gasteiger partial charge in [-0.25, -0.2) is 0 Å². The second-order valence-electron chi connectivity index (χ2n) is 4.03. The number of rotatable bonds is 6. The Morgan fingerprint density at radius 1 is 1.53 bits per heavy atom. The second-order valence-corrected chi connectivity index (χ2v) is 6.83. The summed E-state index contributed by atoms with van der Waals surface area (Å²) in [6.45, 7) is 3.24. The zero-order chi connectivity index (χ0) is 12.1. The molecule has 1 N–H and O–H groups in total. The van der Waals surface area contributed by atoms with Gasteiger partial charge in [0.2, 0.25) is 0 Å². The normalized spacial score (nSPS) is 12.8. The summed E-state index contributed by atoms with van der Waals surface area (Å²) >= 11 is 4.18. The van der Waals surface area contributed by atoms with E-state index < -0.39 is 0 Å². The van der Waals surface area contributed by atoms with Gasteiger partial charge in [0.15, 0.2) is 0 Å². The average Bonchev–Trinajstić information content (AvgIpc) is 2.95. The summed E-state index contributed by atoms with van der Waals surface area (Å²) in [5, 5.41) is 5.84. The van der Waals surface area contributed by atoms with Crippen molar-refractivity contribution in [2.24, 2.45) is 0 Å². The number of nitrogens with one attached hydrogen (secondary N) is 1. The van der Waals surface area contributed by atoms with Gasteiger partial charge in [0.05, 0.1) is 15.4 Å². The molecule has 4 heteroatoms. The third-order valence-corrected chi connectivity index (χ3v) is 4.46. The quantitative estimate of drug-likeness (QED) is 0.779. The smallest absolute Gasteiger partial charge is 0.0935 e. The Balaban J connectivity index is 2.07. The van der Waals surface area contributed by atoms with Gasteiger partial charge < -0.3 is 9.73 Å². The fourth-order valence-electron chi connectivity index (χ4n) is 1.78. The van der Waals surface area contributed by atoms with E-state index in [0.717, 1.165) is 19.4 Å². The van der Waals surface area contributed by atoms with Crippen LogP contribution >= 0.6 is 33.9 Å². The third kappa shape index (κ3) is 3.82. The highest BCUT2D eigenvalue weighted by Crippen LogP contribution is 2.25. The van der Waals surface area contributed by atoms with Crippen LogP contribution in [0.3, 0.4) is 0 Å². The van der Waals surface area contributed by atoms with E-state index in [1.807, 2.05) is 12.3 Å². The third-order valence-electron chi connectivity index (χ3n) is 2.65. The highest BCUT2D eigenvalue weighted by Gasteiger charge is 2.13. The highest BCUT2D eigenvalue weighted by atomic mass is 127. The maximum atomic E-state index is 5.13. The zero-order valence-corrected chi connectivity index (χ0v) is 12.8. The molecule has 0 saturated carbocycles. The van der Waals surface area contributed by atoms with E-state index in [9.17, 15) is 0 Å². The van der Waals surface area contributed by atoms with E-state index in [4.69, 9.17) is 4.42 Å². The standard InChI is InChI=1S/C13H16INOS/c1-2-4-15-12(6-10-3-5-16-8-10)11-7-13(14)17-9-11/h3,5,7-9,12,15H,2,4,6H2,1H3. The van der Waals surface area contributed by atoms with Crippen molar-refractivity contribution in [3.05, 3.63) is 44.0 Å². The van der Waals surface area contributed by atoms with Gasteiger partial charge >= 0.3 is 0 Å². The fourth-order valence-corrected chi connectivity index (χ4v) is 3.20. The molecule has 0 radical (unpaired) electrons. The van der Waals surface area contributed by atoms with Crippen molar-refractivity contribution in [3.8, 4) is 0 Å². The highest BCUT2D eigenvalue weighted by molar-refractivity contribution is 14.1. The first kappa shape index (κ1) is 13.1. The Labute approximate surface area is 120 Å². The number of halogens is 1. The molecule has 0 amide bonds. The summed E-state index contributed by atoms with van der Waals surface area (Å²) in [6.07, 6.45) is 5.72. The van der Waals surface area contributed by atoms with Gasteiger partial charge in [-0.1, -0.05) is 6.92 Å². The minimum atomic E-state index is 0.396. The molecule has 1 unspecified atom stereocenters. The first-order valence-electron chi connectivity index (χ1n) is 5.78. The lowest BCUT2D eigenvalue weighted by atomic mass is 10.0. The Hall–Kier alpha value is -0.330. The van der Waals surface area contributed by atoms with E-state index in [-0.39, 0.29) is 0 Å². The van der Waals surface area contributed by atoms with Gasteiger partial charge in [-0.05, 0) is 70.6 Å². The maximum absolute atomic E-state index is 5.13. The monoisotopic (exact) mass is 361 g/mol. The lowest BCUT2D eigenvalue weighted by Gasteiger charge is -2.16. The Morgan fingerprint density at radius 2 is 2.41 bits per heavy atom. The molecule has 0 aliphatic carbocycles. The van der Waals surface area contributed by atoms with Gasteiger partial charge in [0.1, 0.15) is 0 Å². The molecule has 17 heavy (non-hydrogen) atoms. The van der Waals surface area contributed by atoms with E-state index in [2.05, 4.69) is 46.3 Å². The van der Waals surface area contributed by atoms with Crippen molar-refractivity contribution in [2.45, 2.75) is 25.8 Å². The maximum Gasteiger partial charge on any atom is 0.0935 e. The number of hydrogen-bond acceptors (Lipinski definition) is 3. The van der Waals surface area contributed by atoms with Crippen LogP contribution in [-0.2, 0) is 6.42 Å². The average molecular weight is 361 g/mol. The van der Waals surface area contributed by atoms with Crippen LogP contribution in [0.25, 0.3) is 0 Å². The summed E-state index contributed by atoms with van der Waals surface area (Å²) in [6, 6.07) is 4.70. The van der Waals surface area contributed by atoms with Crippen molar-refractivity contribution in [1.82, 2.24) is 5.32 Å². The van der Waals surface area contributed by atoms with Crippen LogP contribution in [0.4, 0.5) is 0 Å². The van der Waals surface area contributed by atoms with Crippen molar-refractivity contribution in [1.29, 1.82) is 0 Å². The zero-order valence-electron chi connectivity index (χ0n) is 9.78. The van der Waals surface area contributed by atoms with E-state index in [0.29, 0.717) is 6.04 Å². The predicted molar refractivity (Wildman–Crippen MR) is 80.5 cm³/mol. The lowest BCUT2D eigenvalue weighted by molar-refractivity contribution is 0.521.